The van der Waals surface area contributed by atoms with Crippen molar-refractivity contribution in [2.45, 2.75) is 19.8 Å². The number of benzene rings is 2. The van der Waals surface area contributed by atoms with E-state index < -0.39 is 0 Å². The molecule has 5 rings (SSSR count). The minimum absolute atomic E-state index is 0.141. The third-order valence-electron chi connectivity index (χ3n) is 5.54. The number of carbonyl (C=O) groups is 2. The summed E-state index contributed by atoms with van der Waals surface area (Å²) in [5.41, 5.74) is 4.21. The van der Waals surface area contributed by atoms with Crippen LogP contribution >= 0.6 is 0 Å². The van der Waals surface area contributed by atoms with Crippen LogP contribution in [0.1, 0.15) is 28.9 Å². The lowest BCUT2D eigenvalue weighted by Crippen LogP contribution is -2.24. The van der Waals surface area contributed by atoms with Crippen LogP contribution in [0, 0.1) is 6.92 Å². The molecule has 7 heteroatoms. The highest BCUT2D eigenvalue weighted by Crippen LogP contribution is 2.28. The first-order valence-electron chi connectivity index (χ1n) is 10.5. The Labute approximate surface area is 185 Å². The van der Waals surface area contributed by atoms with Crippen molar-refractivity contribution >= 4 is 23.2 Å². The van der Waals surface area contributed by atoms with Crippen molar-refractivity contribution in [1.29, 1.82) is 0 Å². The molecule has 32 heavy (non-hydrogen) atoms. The average molecular weight is 426 g/mol. The predicted octanol–water partition coefficient (Wildman–Crippen LogP) is 4.82. The van der Waals surface area contributed by atoms with Gasteiger partial charge in [-0.1, -0.05) is 18.2 Å². The summed E-state index contributed by atoms with van der Waals surface area (Å²) >= 11 is 0. The number of hydrogen-bond acceptors (Lipinski definition) is 4. The van der Waals surface area contributed by atoms with Crippen molar-refractivity contribution in [2.24, 2.45) is 0 Å². The molecule has 0 unspecified atom stereocenters. The second kappa shape index (κ2) is 8.19. The van der Waals surface area contributed by atoms with E-state index in [-0.39, 0.29) is 11.8 Å². The molecule has 1 aliphatic rings. The molecule has 1 saturated heterocycles. The summed E-state index contributed by atoms with van der Waals surface area (Å²) in [7, 11) is 0. The van der Waals surface area contributed by atoms with Crippen LogP contribution in [-0.4, -0.2) is 28.1 Å². The second-order valence-corrected chi connectivity index (χ2v) is 7.74. The Morgan fingerprint density at radius 3 is 2.59 bits per heavy atom. The van der Waals surface area contributed by atoms with E-state index in [4.69, 9.17) is 4.42 Å². The third-order valence-corrected chi connectivity index (χ3v) is 5.54. The first-order chi connectivity index (χ1) is 15.6. The van der Waals surface area contributed by atoms with Gasteiger partial charge in [0.15, 0.2) is 5.76 Å². The average Bonchev–Trinajstić information content (AvgIpc) is 3.55. The number of nitrogens with zero attached hydrogens (tertiary/aromatic N) is 3. The van der Waals surface area contributed by atoms with Crippen LogP contribution in [0.2, 0.25) is 0 Å². The number of nitrogens with one attached hydrogen (secondary N) is 1. The van der Waals surface area contributed by atoms with E-state index >= 15 is 0 Å². The first kappa shape index (κ1) is 19.8. The van der Waals surface area contributed by atoms with E-state index in [0.717, 1.165) is 29.9 Å². The van der Waals surface area contributed by atoms with Gasteiger partial charge in [0.25, 0.3) is 5.91 Å². The fourth-order valence-electron chi connectivity index (χ4n) is 3.99. The lowest BCUT2D eigenvalue weighted by atomic mass is 10.1. The fraction of sp³-hybridized carbons (Fsp3) is 0.160. The van der Waals surface area contributed by atoms with Gasteiger partial charge in [0, 0.05) is 30.4 Å². The molecule has 2 aromatic heterocycles. The number of carbonyl (C=O) groups excluding carboxylic acids is 2. The monoisotopic (exact) mass is 426 g/mol. The maximum absolute atomic E-state index is 13.2. The fourth-order valence-corrected chi connectivity index (χ4v) is 3.99. The van der Waals surface area contributed by atoms with Gasteiger partial charge in [0.1, 0.15) is 11.4 Å². The van der Waals surface area contributed by atoms with E-state index in [9.17, 15) is 9.59 Å². The summed E-state index contributed by atoms with van der Waals surface area (Å²) in [6, 6.07) is 20.4. The summed E-state index contributed by atoms with van der Waals surface area (Å²) in [4.78, 5) is 27.1. The third kappa shape index (κ3) is 3.69. The Kier molecular flexibility index (Phi) is 5.07. The topological polar surface area (TPSA) is 80.4 Å². The molecule has 4 aromatic rings. The smallest absolute Gasteiger partial charge is 0.274 e. The molecular weight excluding hydrogens is 404 g/mol. The van der Waals surface area contributed by atoms with E-state index in [1.165, 1.54) is 0 Å². The molecule has 1 aliphatic heterocycles. The lowest BCUT2D eigenvalue weighted by molar-refractivity contribution is -0.117. The van der Waals surface area contributed by atoms with Crippen LogP contribution in [0.5, 0.6) is 0 Å². The van der Waals surface area contributed by atoms with Crippen LogP contribution < -0.4 is 10.2 Å². The minimum Gasteiger partial charge on any atom is -0.463 e. The molecule has 160 valence electrons. The summed E-state index contributed by atoms with van der Waals surface area (Å²) in [5.74, 6) is 0.440. The van der Waals surface area contributed by atoms with Gasteiger partial charge in [-0.25, -0.2) is 4.68 Å². The number of aromatic nitrogens is 2. The number of aryl methyl sites for hydroxylation is 1. The van der Waals surface area contributed by atoms with E-state index in [1.807, 2.05) is 55.5 Å². The first-order valence-corrected chi connectivity index (χ1v) is 10.5. The predicted molar refractivity (Wildman–Crippen MR) is 122 cm³/mol. The Morgan fingerprint density at radius 2 is 1.91 bits per heavy atom. The van der Waals surface area contributed by atoms with Crippen LogP contribution in [0.4, 0.5) is 11.4 Å². The van der Waals surface area contributed by atoms with Crippen LogP contribution in [0.25, 0.3) is 17.1 Å². The molecule has 2 aromatic carbocycles. The maximum Gasteiger partial charge on any atom is 0.274 e. The van der Waals surface area contributed by atoms with E-state index in [0.29, 0.717) is 29.3 Å². The number of amides is 2. The van der Waals surface area contributed by atoms with Crippen molar-refractivity contribution in [3.8, 4) is 17.1 Å². The van der Waals surface area contributed by atoms with Gasteiger partial charge < -0.3 is 14.6 Å². The molecule has 0 bridgehead atoms. The Hall–Kier alpha value is -4.13. The van der Waals surface area contributed by atoms with Gasteiger partial charge in [-0.05, 0) is 61.4 Å². The number of para-hydroxylation sites is 1. The largest absolute Gasteiger partial charge is 0.463 e. The highest BCUT2D eigenvalue weighted by atomic mass is 16.3. The van der Waals surface area contributed by atoms with Gasteiger partial charge in [0.2, 0.25) is 5.91 Å². The molecular formula is C25H22N4O3. The van der Waals surface area contributed by atoms with Crippen LogP contribution in [0.15, 0.2) is 77.4 Å². The molecule has 0 aliphatic carbocycles. The zero-order valence-corrected chi connectivity index (χ0v) is 17.6. The van der Waals surface area contributed by atoms with Crippen molar-refractivity contribution in [3.05, 3.63) is 84.3 Å². The molecule has 0 radical (unpaired) electrons. The Morgan fingerprint density at radius 1 is 1.06 bits per heavy atom. The molecule has 0 spiro atoms. The van der Waals surface area contributed by atoms with Gasteiger partial charge in [-0.3, -0.25) is 9.59 Å². The number of anilines is 2. The number of hydrogen-bond donors (Lipinski definition) is 1. The standard InChI is InChI=1S/C25H22N4O3/c1-17-15-18(11-12-21(17)28-13-5-10-24(28)30)26-25(31)22-16-20(23-9-6-14-32-23)27-29(22)19-7-3-2-4-8-19/h2-4,6-9,11-12,14-16H,5,10,13H2,1H3,(H,26,31). The van der Waals surface area contributed by atoms with Gasteiger partial charge in [-0.2, -0.15) is 5.10 Å². The quantitative estimate of drug-likeness (QED) is 0.496. The molecule has 0 saturated carbocycles. The molecule has 2 amide bonds. The highest BCUT2D eigenvalue weighted by molar-refractivity contribution is 6.04. The van der Waals surface area contributed by atoms with Gasteiger partial charge >= 0.3 is 0 Å². The molecule has 3 heterocycles. The summed E-state index contributed by atoms with van der Waals surface area (Å²) in [5, 5.41) is 7.56. The Bertz CT molecular complexity index is 1280. The zero-order valence-electron chi connectivity index (χ0n) is 17.6. The van der Waals surface area contributed by atoms with Crippen molar-refractivity contribution in [3.63, 3.8) is 0 Å². The highest BCUT2D eigenvalue weighted by Gasteiger charge is 2.23. The molecule has 0 atom stereocenters. The lowest BCUT2D eigenvalue weighted by Gasteiger charge is -2.19. The molecule has 7 nitrogen and oxygen atoms in total. The minimum atomic E-state index is -0.288. The summed E-state index contributed by atoms with van der Waals surface area (Å²) in [6.07, 6.45) is 3.03. The van der Waals surface area contributed by atoms with Crippen LogP contribution in [0.3, 0.4) is 0 Å². The van der Waals surface area contributed by atoms with Crippen LogP contribution in [-0.2, 0) is 4.79 Å². The number of furan rings is 1. The summed E-state index contributed by atoms with van der Waals surface area (Å²) < 4.78 is 7.08. The molecule has 1 N–H and O–H groups in total. The summed E-state index contributed by atoms with van der Waals surface area (Å²) in [6.45, 7) is 2.68. The maximum atomic E-state index is 13.2. The molecule has 1 fully saturated rings. The van der Waals surface area contributed by atoms with Crippen molar-refractivity contribution in [1.82, 2.24) is 9.78 Å². The van der Waals surface area contributed by atoms with E-state index in [1.54, 1.807) is 34.0 Å². The Balaban J connectivity index is 1.45. The SMILES string of the molecule is Cc1cc(NC(=O)c2cc(-c3ccco3)nn2-c2ccccc2)ccc1N1CCCC1=O. The second-order valence-electron chi connectivity index (χ2n) is 7.74. The number of rotatable bonds is 5. The van der Waals surface area contributed by atoms with Gasteiger partial charge in [-0.15, -0.1) is 0 Å². The van der Waals surface area contributed by atoms with E-state index in [2.05, 4.69) is 10.4 Å². The van der Waals surface area contributed by atoms with Gasteiger partial charge in [0.05, 0.1) is 12.0 Å². The normalized spacial score (nSPS) is 13.5. The van der Waals surface area contributed by atoms with Crippen molar-refractivity contribution in [2.75, 3.05) is 16.8 Å². The zero-order chi connectivity index (χ0) is 22.1. The van der Waals surface area contributed by atoms with Crippen molar-refractivity contribution < 1.29 is 14.0 Å².